The maximum absolute atomic E-state index is 11.6. The SMILES string of the molecule is Nc1ccc(Cl)cc1S(=O)(=O)NCC(=O)O. The van der Waals surface area contributed by atoms with Crippen molar-refractivity contribution in [3.63, 3.8) is 0 Å². The van der Waals surface area contributed by atoms with Crippen molar-refractivity contribution in [2.75, 3.05) is 12.3 Å². The van der Waals surface area contributed by atoms with Crippen LogP contribution in [0.1, 0.15) is 0 Å². The van der Waals surface area contributed by atoms with Gasteiger partial charge in [0.05, 0.1) is 5.69 Å². The molecule has 1 aromatic rings. The lowest BCUT2D eigenvalue weighted by atomic mass is 10.3. The fourth-order valence-corrected chi connectivity index (χ4v) is 2.34. The van der Waals surface area contributed by atoms with Gasteiger partial charge in [-0.25, -0.2) is 8.42 Å². The third-order valence-electron chi connectivity index (χ3n) is 1.68. The number of nitrogen functional groups attached to an aromatic ring is 1. The van der Waals surface area contributed by atoms with E-state index in [0.29, 0.717) is 0 Å². The summed E-state index contributed by atoms with van der Waals surface area (Å²) in [6.45, 7) is -0.714. The number of anilines is 1. The Hall–Kier alpha value is -1.31. The largest absolute Gasteiger partial charge is 0.480 e. The van der Waals surface area contributed by atoms with Gasteiger partial charge in [-0.05, 0) is 18.2 Å². The third kappa shape index (κ3) is 3.09. The molecule has 16 heavy (non-hydrogen) atoms. The van der Waals surface area contributed by atoms with Crippen molar-refractivity contribution >= 4 is 33.3 Å². The van der Waals surface area contributed by atoms with Gasteiger partial charge in [0.1, 0.15) is 11.4 Å². The number of halogens is 1. The highest BCUT2D eigenvalue weighted by atomic mass is 35.5. The summed E-state index contributed by atoms with van der Waals surface area (Å²) in [7, 11) is -3.95. The molecule has 4 N–H and O–H groups in total. The molecule has 0 aromatic heterocycles. The van der Waals surface area contributed by atoms with E-state index in [0.717, 1.165) is 6.07 Å². The lowest BCUT2D eigenvalue weighted by Gasteiger charge is -2.07. The Kier molecular flexibility index (Phi) is 3.74. The molecule has 1 rings (SSSR count). The zero-order valence-electron chi connectivity index (χ0n) is 7.97. The number of carbonyl (C=O) groups is 1. The molecule has 0 heterocycles. The number of nitrogens with two attached hydrogens (primary N) is 1. The Bertz CT molecular complexity index is 515. The van der Waals surface area contributed by atoms with Crippen molar-refractivity contribution < 1.29 is 18.3 Å². The number of carboxylic acid groups (broad SMARTS) is 1. The highest BCUT2D eigenvalue weighted by molar-refractivity contribution is 7.89. The van der Waals surface area contributed by atoms with Gasteiger partial charge in [0, 0.05) is 5.02 Å². The number of nitrogens with one attached hydrogen (secondary N) is 1. The van der Waals surface area contributed by atoms with Crippen molar-refractivity contribution in [1.82, 2.24) is 4.72 Å². The number of hydrogen-bond acceptors (Lipinski definition) is 4. The molecule has 0 aliphatic rings. The molecule has 0 atom stereocenters. The van der Waals surface area contributed by atoms with Gasteiger partial charge in [0.25, 0.3) is 0 Å². The Morgan fingerprint density at radius 1 is 1.50 bits per heavy atom. The summed E-state index contributed by atoms with van der Waals surface area (Å²) in [5.41, 5.74) is 5.46. The molecule has 0 spiro atoms. The van der Waals surface area contributed by atoms with Crippen LogP contribution in [-0.4, -0.2) is 26.0 Å². The van der Waals surface area contributed by atoms with E-state index in [4.69, 9.17) is 22.4 Å². The minimum Gasteiger partial charge on any atom is -0.480 e. The van der Waals surface area contributed by atoms with E-state index in [1.54, 1.807) is 0 Å². The first kappa shape index (κ1) is 12.8. The van der Waals surface area contributed by atoms with Gasteiger partial charge in [-0.1, -0.05) is 11.6 Å². The zero-order valence-corrected chi connectivity index (χ0v) is 9.55. The molecule has 0 saturated heterocycles. The molecule has 0 amide bonds. The molecular formula is C8H9ClN2O4S. The quantitative estimate of drug-likeness (QED) is 0.677. The first-order chi connectivity index (χ1) is 7.33. The van der Waals surface area contributed by atoms with Crippen molar-refractivity contribution in [3.05, 3.63) is 23.2 Å². The molecule has 1 aromatic carbocycles. The molecule has 0 aliphatic heterocycles. The number of benzene rings is 1. The van der Waals surface area contributed by atoms with Crippen molar-refractivity contribution in [3.8, 4) is 0 Å². The summed E-state index contributed by atoms with van der Waals surface area (Å²) >= 11 is 5.62. The maximum atomic E-state index is 11.6. The summed E-state index contributed by atoms with van der Waals surface area (Å²) in [5, 5.41) is 8.56. The molecule has 8 heteroatoms. The second-order valence-corrected chi connectivity index (χ2v) is 5.07. The second-order valence-electron chi connectivity index (χ2n) is 2.90. The third-order valence-corrected chi connectivity index (χ3v) is 3.37. The van der Waals surface area contributed by atoms with Crippen LogP contribution in [0.2, 0.25) is 5.02 Å². The van der Waals surface area contributed by atoms with E-state index < -0.39 is 22.5 Å². The van der Waals surface area contributed by atoms with Gasteiger partial charge < -0.3 is 10.8 Å². The van der Waals surface area contributed by atoms with Crippen LogP contribution < -0.4 is 10.5 Å². The molecule has 6 nitrogen and oxygen atoms in total. The molecule has 0 bridgehead atoms. The normalized spacial score (nSPS) is 11.3. The molecule has 0 fully saturated rings. The fourth-order valence-electron chi connectivity index (χ4n) is 0.975. The van der Waals surface area contributed by atoms with E-state index in [1.807, 2.05) is 4.72 Å². The Balaban J connectivity index is 3.07. The number of aliphatic carboxylic acids is 1. The summed E-state index contributed by atoms with van der Waals surface area (Å²) in [4.78, 5) is 10.0. The van der Waals surface area contributed by atoms with Crippen molar-refractivity contribution in [2.24, 2.45) is 0 Å². The van der Waals surface area contributed by atoms with Crippen LogP contribution >= 0.6 is 11.6 Å². The zero-order chi connectivity index (χ0) is 12.3. The monoisotopic (exact) mass is 264 g/mol. The summed E-state index contributed by atoms with van der Waals surface area (Å²) in [6.07, 6.45) is 0. The van der Waals surface area contributed by atoms with E-state index in [2.05, 4.69) is 0 Å². The highest BCUT2D eigenvalue weighted by Gasteiger charge is 2.18. The Labute approximate surface area is 97.1 Å². The molecule has 0 radical (unpaired) electrons. The minimum atomic E-state index is -3.95. The standard InChI is InChI=1S/C8H9ClN2O4S/c9-5-1-2-6(10)7(3-5)16(14,15)11-4-8(12)13/h1-3,11H,4,10H2,(H,12,13). The van der Waals surface area contributed by atoms with Crippen molar-refractivity contribution in [2.45, 2.75) is 4.90 Å². The van der Waals surface area contributed by atoms with Crippen LogP contribution in [0.3, 0.4) is 0 Å². The van der Waals surface area contributed by atoms with Gasteiger partial charge in [-0.2, -0.15) is 4.72 Å². The lowest BCUT2D eigenvalue weighted by molar-refractivity contribution is -0.135. The van der Waals surface area contributed by atoms with Crippen LogP contribution in [0.5, 0.6) is 0 Å². The maximum Gasteiger partial charge on any atom is 0.318 e. The average Bonchev–Trinajstić information content (AvgIpc) is 2.19. The van der Waals surface area contributed by atoms with Gasteiger partial charge >= 0.3 is 5.97 Å². The number of carboxylic acids is 1. The lowest BCUT2D eigenvalue weighted by Crippen LogP contribution is -2.29. The number of rotatable bonds is 4. The van der Waals surface area contributed by atoms with Gasteiger partial charge in [0.15, 0.2) is 0 Å². The predicted octanol–water partition coefficient (Wildman–Crippen LogP) is 0.285. The average molecular weight is 265 g/mol. The Morgan fingerprint density at radius 2 is 2.12 bits per heavy atom. The van der Waals surface area contributed by atoms with Gasteiger partial charge in [-0.15, -0.1) is 0 Å². The smallest absolute Gasteiger partial charge is 0.318 e. The number of hydrogen-bond donors (Lipinski definition) is 3. The molecule has 0 unspecified atom stereocenters. The topological polar surface area (TPSA) is 109 Å². The fraction of sp³-hybridized carbons (Fsp3) is 0.125. The molecule has 0 aliphatic carbocycles. The summed E-state index contributed by atoms with van der Waals surface area (Å²) in [6, 6.07) is 3.92. The Morgan fingerprint density at radius 3 is 2.69 bits per heavy atom. The summed E-state index contributed by atoms with van der Waals surface area (Å²) in [5.74, 6) is -1.29. The molecule has 0 saturated carbocycles. The van der Waals surface area contributed by atoms with Crippen LogP contribution in [0.4, 0.5) is 5.69 Å². The van der Waals surface area contributed by atoms with Crippen LogP contribution in [0.25, 0.3) is 0 Å². The second kappa shape index (κ2) is 4.69. The first-order valence-electron chi connectivity index (χ1n) is 4.09. The predicted molar refractivity (Wildman–Crippen MR) is 58.7 cm³/mol. The summed E-state index contributed by atoms with van der Waals surface area (Å²) < 4.78 is 25.1. The van der Waals surface area contributed by atoms with E-state index >= 15 is 0 Å². The van der Waals surface area contributed by atoms with Crippen molar-refractivity contribution in [1.29, 1.82) is 0 Å². The van der Waals surface area contributed by atoms with Gasteiger partial charge in [-0.3, -0.25) is 4.79 Å². The molecular weight excluding hydrogens is 256 g/mol. The van der Waals surface area contributed by atoms with Gasteiger partial charge in [0.2, 0.25) is 10.0 Å². The van der Waals surface area contributed by atoms with Crippen LogP contribution in [0, 0.1) is 0 Å². The minimum absolute atomic E-state index is 0.00212. The highest BCUT2D eigenvalue weighted by Crippen LogP contribution is 2.22. The van der Waals surface area contributed by atoms with Crippen LogP contribution in [0.15, 0.2) is 23.1 Å². The number of sulfonamides is 1. The van der Waals surface area contributed by atoms with E-state index in [1.165, 1.54) is 12.1 Å². The van der Waals surface area contributed by atoms with E-state index in [9.17, 15) is 13.2 Å². The molecule has 88 valence electrons. The van der Waals surface area contributed by atoms with Crippen LogP contribution in [-0.2, 0) is 14.8 Å². The van der Waals surface area contributed by atoms with E-state index in [-0.39, 0.29) is 15.6 Å². The first-order valence-corrected chi connectivity index (χ1v) is 5.95.